The minimum Gasteiger partial charge on any atom is -0.126 e. The quantitative estimate of drug-likeness (QED) is 0.632. The maximum absolute atomic E-state index is 5.71. The van der Waals surface area contributed by atoms with E-state index in [2.05, 4.69) is 0 Å². The van der Waals surface area contributed by atoms with Crippen molar-refractivity contribution in [3.63, 3.8) is 0 Å². The van der Waals surface area contributed by atoms with Gasteiger partial charge >= 0.3 is 0 Å². The molecule has 0 spiro atoms. The SMILES string of the molecule is ClCCC(Cl)=C(Cl)CCCl. The van der Waals surface area contributed by atoms with Crippen molar-refractivity contribution in [3.8, 4) is 0 Å². The average molecular weight is 222 g/mol. The molecule has 0 aromatic rings. The van der Waals surface area contributed by atoms with Gasteiger partial charge in [0.1, 0.15) is 0 Å². The molecule has 0 bridgehead atoms. The topological polar surface area (TPSA) is 0 Å². The highest BCUT2D eigenvalue weighted by Crippen LogP contribution is 2.20. The second-order valence-electron chi connectivity index (χ2n) is 1.69. The number of rotatable bonds is 4. The molecule has 0 aromatic heterocycles. The van der Waals surface area contributed by atoms with Crippen molar-refractivity contribution < 1.29 is 0 Å². The maximum atomic E-state index is 5.71. The Morgan fingerprint density at radius 1 is 0.800 bits per heavy atom. The summed E-state index contributed by atoms with van der Waals surface area (Å²) in [5, 5.41) is 1.25. The fourth-order valence-electron chi connectivity index (χ4n) is 0.437. The number of halogens is 4. The normalized spacial score (nSPS) is 13.2. The summed E-state index contributed by atoms with van der Waals surface area (Å²) in [7, 11) is 0. The van der Waals surface area contributed by atoms with Crippen LogP contribution in [0.4, 0.5) is 0 Å². The molecule has 10 heavy (non-hydrogen) atoms. The molecule has 0 aromatic carbocycles. The van der Waals surface area contributed by atoms with Crippen LogP contribution in [0.5, 0.6) is 0 Å². The van der Waals surface area contributed by atoms with Crippen molar-refractivity contribution in [3.05, 3.63) is 10.1 Å². The zero-order valence-corrected chi connectivity index (χ0v) is 8.36. The van der Waals surface area contributed by atoms with Crippen LogP contribution in [-0.4, -0.2) is 11.8 Å². The van der Waals surface area contributed by atoms with Crippen LogP contribution >= 0.6 is 46.4 Å². The Hall–Kier alpha value is 0.900. The van der Waals surface area contributed by atoms with Crippen molar-refractivity contribution >= 4 is 46.4 Å². The predicted molar refractivity (Wildman–Crippen MR) is 49.4 cm³/mol. The van der Waals surface area contributed by atoms with E-state index < -0.39 is 0 Å². The summed E-state index contributed by atoms with van der Waals surface area (Å²) < 4.78 is 0. The van der Waals surface area contributed by atoms with Gasteiger partial charge in [-0.05, 0) is 12.8 Å². The molecule has 0 atom stereocenters. The van der Waals surface area contributed by atoms with Gasteiger partial charge < -0.3 is 0 Å². The molecule has 0 aliphatic heterocycles. The highest BCUT2D eigenvalue weighted by atomic mass is 35.5. The van der Waals surface area contributed by atoms with E-state index in [9.17, 15) is 0 Å². The summed E-state index contributed by atoms with van der Waals surface area (Å²) in [6, 6.07) is 0. The lowest BCUT2D eigenvalue weighted by Crippen LogP contribution is -1.82. The van der Waals surface area contributed by atoms with Gasteiger partial charge in [0.25, 0.3) is 0 Å². The fourth-order valence-corrected chi connectivity index (χ4v) is 1.39. The van der Waals surface area contributed by atoms with Crippen molar-refractivity contribution in [1.82, 2.24) is 0 Å². The summed E-state index contributed by atoms with van der Waals surface area (Å²) in [4.78, 5) is 0. The number of allylic oxidation sites excluding steroid dienone is 2. The first-order chi connectivity index (χ1) is 4.72. The van der Waals surface area contributed by atoms with E-state index in [1.165, 1.54) is 0 Å². The molecular formula is C6H8Cl4. The van der Waals surface area contributed by atoms with Crippen LogP contribution in [0.15, 0.2) is 10.1 Å². The van der Waals surface area contributed by atoms with Crippen molar-refractivity contribution in [2.24, 2.45) is 0 Å². The molecular weight excluding hydrogens is 214 g/mol. The Balaban J connectivity index is 3.79. The van der Waals surface area contributed by atoms with Gasteiger partial charge in [0.15, 0.2) is 0 Å². The van der Waals surface area contributed by atoms with E-state index in [1.54, 1.807) is 0 Å². The summed E-state index contributed by atoms with van der Waals surface area (Å²) in [6.45, 7) is 0. The molecule has 60 valence electrons. The smallest absolute Gasteiger partial charge is 0.0338 e. The van der Waals surface area contributed by atoms with Crippen LogP contribution in [-0.2, 0) is 0 Å². The molecule has 0 unspecified atom stereocenters. The number of alkyl halides is 2. The molecule has 4 heteroatoms. The Kier molecular flexibility index (Phi) is 7.19. The van der Waals surface area contributed by atoms with Crippen molar-refractivity contribution in [2.45, 2.75) is 12.8 Å². The van der Waals surface area contributed by atoms with Gasteiger partial charge in [0.2, 0.25) is 0 Å². The highest BCUT2D eigenvalue weighted by Gasteiger charge is 1.99. The van der Waals surface area contributed by atoms with Gasteiger partial charge in [-0.2, -0.15) is 0 Å². The van der Waals surface area contributed by atoms with E-state index in [-0.39, 0.29) is 0 Å². The van der Waals surface area contributed by atoms with Crippen molar-refractivity contribution in [1.29, 1.82) is 0 Å². The zero-order chi connectivity index (χ0) is 7.98. The second-order valence-corrected chi connectivity index (χ2v) is 3.36. The molecule has 0 nitrogen and oxygen atoms in total. The van der Waals surface area contributed by atoms with Crippen LogP contribution in [0, 0.1) is 0 Å². The molecule has 0 aliphatic rings. The van der Waals surface area contributed by atoms with Gasteiger partial charge in [-0.3, -0.25) is 0 Å². The van der Waals surface area contributed by atoms with Crippen LogP contribution in [0.2, 0.25) is 0 Å². The first-order valence-electron chi connectivity index (χ1n) is 2.87. The lowest BCUT2D eigenvalue weighted by Gasteiger charge is -1.98. The Morgan fingerprint density at radius 3 is 1.30 bits per heavy atom. The van der Waals surface area contributed by atoms with Gasteiger partial charge in [0.05, 0.1) is 0 Å². The van der Waals surface area contributed by atoms with Gasteiger partial charge in [-0.1, -0.05) is 23.2 Å². The summed E-state index contributed by atoms with van der Waals surface area (Å²) in [5.41, 5.74) is 0. The molecule has 0 saturated carbocycles. The molecule has 0 amide bonds. The van der Waals surface area contributed by atoms with Crippen LogP contribution < -0.4 is 0 Å². The molecule has 0 rings (SSSR count). The Bertz CT molecular complexity index is 105. The second kappa shape index (κ2) is 6.60. The van der Waals surface area contributed by atoms with Gasteiger partial charge in [-0.25, -0.2) is 0 Å². The monoisotopic (exact) mass is 220 g/mol. The first-order valence-corrected chi connectivity index (χ1v) is 4.69. The summed E-state index contributed by atoms with van der Waals surface area (Å²) in [5.74, 6) is 0.995. The van der Waals surface area contributed by atoms with Crippen LogP contribution in [0.3, 0.4) is 0 Å². The van der Waals surface area contributed by atoms with Crippen molar-refractivity contribution in [2.75, 3.05) is 11.8 Å². The maximum Gasteiger partial charge on any atom is 0.0338 e. The third-order valence-corrected chi connectivity index (χ3v) is 2.23. The number of hydrogen-bond donors (Lipinski definition) is 0. The lowest BCUT2D eigenvalue weighted by atomic mass is 10.3. The zero-order valence-electron chi connectivity index (χ0n) is 5.34. The average Bonchev–Trinajstić information content (AvgIpc) is 1.89. The molecule has 0 radical (unpaired) electrons. The van der Waals surface area contributed by atoms with Gasteiger partial charge in [0, 0.05) is 21.8 Å². The largest absolute Gasteiger partial charge is 0.126 e. The predicted octanol–water partition coefficient (Wildman–Crippen LogP) is 3.93. The minimum atomic E-state index is 0.497. The van der Waals surface area contributed by atoms with E-state index in [0.717, 1.165) is 0 Å². The lowest BCUT2D eigenvalue weighted by molar-refractivity contribution is 1.12. The Morgan fingerprint density at radius 2 is 1.10 bits per heavy atom. The Labute approximate surface area is 81.1 Å². The first kappa shape index (κ1) is 10.9. The summed E-state index contributed by atoms with van der Waals surface area (Å²) in [6.07, 6.45) is 1.25. The molecule has 0 heterocycles. The van der Waals surface area contributed by atoms with E-state index in [4.69, 9.17) is 46.4 Å². The van der Waals surface area contributed by atoms with E-state index >= 15 is 0 Å². The van der Waals surface area contributed by atoms with E-state index in [0.29, 0.717) is 34.7 Å². The molecule has 0 saturated heterocycles. The standard InChI is InChI=1S/C6H8Cl4/c7-3-1-5(9)6(10)2-4-8/h1-4H2. The molecule has 0 fully saturated rings. The minimum absolute atomic E-state index is 0.497. The highest BCUT2D eigenvalue weighted by molar-refractivity contribution is 6.39. The summed E-state index contributed by atoms with van der Waals surface area (Å²) >= 11 is 22.3. The number of hydrogen-bond acceptors (Lipinski definition) is 0. The van der Waals surface area contributed by atoms with Crippen LogP contribution in [0.25, 0.3) is 0 Å². The van der Waals surface area contributed by atoms with Crippen LogP contribution in [0.1, 0.15) is 12.8 Å². The third kappa shape index (κ3) is 4.68. The third-order valence-electron chi connectivity index (χ3n) is 0.922. The van der Waals surface area contributed by atoms with E-state index in [1.807, 2.05) is 0 Å². The molecule has 0 aliphatic carbocycles. The van der Waals surface area contributed by atoms with Gasteiger partial charge in [-0.15, -0.1) is 23.2 Å². The molecule has 0 N–H and O–H groups in total. The fraction of sp³-hybridized carbons (Fsp3) is 0.667.